The third kappa shape index (κ3) is 13.9. The highest BCUT2D eigenvalue weighted by molar-refractivity contribution is 6.45. The van der Waals surface area contributed by atoms with Crippen LogP contribution in [0.25, 0.3) is 0 Å². The zero-order valence-electron chi connectivity index (χ0n) is 30.4. The number of unbranched alkanes of at least 4 members (excludes halogenated alkanes) is 2. The SMILES string of the molecule is C=C(C)C(=O)OCCCCOC(=O)Oc1ccc(C(=O)C(=O)C2CCC(C(=O)C(=O)c3ccc(OC(=O)OCCCCOC(=O)C(=C)C)cc3)CC2)cc1. The topological polar surface area (TPSA) is 192 Å². The van der Waals surface area contributed by atoms with E-state index in [-0.39, 0.29) is 74.7 Å². The molecule has 2 aromatic rings. The second-order valence-corrected chi connectivity index (χ2v) is 12.6. The van der Waals surface area contributed by atoms with Crippen LogP contribution in [0.1, 0.15) is 85.9 Å². The Kier molecular flexibility index (Phi) is 17.0. The molecule has 0 amide bonds. The first-order valence-corrected chi connectivity index (χ1v) is 17.5. The van der Waals surface area contributed by atoms with Crippen LogP contribution in [0.2, 0.25) is 0 Å². The lowest BCUT2D eigenvalue weighted by molar-refractivity contribution is -0.140. The van der Waals surface area contributed by atoms with Crippen LogP contribution in [-0.2, 0) is 38.1 Å². The smallest absolute Gasteiger partial charge is 0.462 e. The molecular formula is C40H44O14. The van der Waals surface area contributed by atoms with Gasteiger partial charge in [-0.3, -0.25) is 19.2 Å². The highest BCUT2D eigenvalue weighted by atomic mass is 16.7. The highest BCUT2D eigenvalue weighted by Gasteiger charge is 2.35. The third-order valence-electron chi connectivity index (χ3n) is 8.23. The van der Waals surface area contributed by atoms with E-state index in [0.717, 1.165) is 0 Å². The van der Waals surface area contributed by atoms with Crippen LogP contribution in [-0.4, -0.2) is 73.8 Å². The first kappa shape index (κ1) is 42.5. The second-order valence-electron chi connectivity index (χ2n) is 12.6. The van der Waals surface area contributed by atoms with Gasteiger partial charge in [-0.25, -0.2) is 19.2 Å². The van der Waals surface area contributed by atoms with Crippen LogP contribution in [0, 0.1) is 11.8 Å². The van der Waals surface area contributed by atoms with Crippen molar-refractivity contribution in [2.24, 2.45) is 11.8 Å². The molecule has 1 fully saturated rings. The molecule has 1 aliphatic rings. The lowest BCUT2D eigenvalue weighted by Gasteiger charge is -2.26. The minimum absolute atomic E-state index is 0.0429. The van der Waals surface area contributed by atoms with E-state index in [2.05, 4.69) is 13.2 Å². The number of Topliss-reactive ketones (excluding diaryl/α,β-unsaturated/α-hetero) is 4. The number of esters is 2. The van der Waals surface area contributed by atoms with Crippen molar-refractivity contribution in [3.63, 3.8) is 0 Å². The van der Waals surface area contributed by atoms with Gasteiger partial charge in [0.15, 0.2) is 0 Å². The van der Waals surface area contributed by atoms with Crippen LogP contribution >= 0.6 is 0 Å². The summed E-state index contributed by atoms with van der Waals surface area (Å²) in [5, 5.41) is 0. The van der Waals surface area contributed by atoms with Crippen molar-refractivity contribution in [1.82, 2.24) is 0 Å². The Hall–Kier alpha value is -5.92. The fraction of sp³-hybridized carbons (Fsp3) is 0.400. The Bertz CT molecular complexity index is 1590. The van der Waals surface area contributed by atoms with E-state index in [1.54, 1.807) is 13.8 Å². The Morgan fingerprint density at radius 1 is 0.500 bits per heavy atom. The molecule has 54 heavy (non-hydrogen) atoms. The highest BCUT2D eigenvalue weighted by Crippen LogP contribution is 2.32. The molecule has 288 valence electrons. The summed E-state index contributed by atoms with van der Waals surface area (Å²) in [6, 6.07) is 10.9. The molecule has 0 aliphatic heterocycles. The molecule has 0 radical (unpaired) electrons. The van der Waals surface area contributed by atoms with Crippen molar-refractivity contribution in [1.29, 1.82) is 0 Å². The Morgan fingerprint density at radius 2 is 0.796 bits per heavy atom. The quantitative estimate of drug-likeness (QED) is 0.0270. The molecular weight excluding hydrogens is 704 g/mol. The van der Waals surface area contributed by atoms with E-state index in [1.165, 1.54) is 48.5 Å². The molecule has 0 aromatic heterocycles. The van der Waals surface area contributed by atoms with E-state index in [4.69, 9.17) is 28.4 Å². The van der Waals surface area contributed by atoms with Crippen LogP contribution in [0.5, 0.6) is 11.5 Å². The van der Waals surface area contributed by atoms with Crippen LogP contribution in [0.15, 0.2) is 72.8 Å². The van der Waals surface area contributed by atoms with Gasteiger partial charge in [0.1, 0.15) is 11.5 Å². The predicted molar refractivity (Wildman–Crippen MR) is 191 cm³/mol. The molecule has 1 saturated carbocycles. The van der Waals surface area contributed by atoms with Gasteiger partial charge in [-0.05, 0) is 114 Å². The van der Waals surface area contributed by atoms with E-state index < -0.39 is 59.2 Å². The maximum Gasteiger partial charge on any atom is 0.513 e. The number of benzene rings is 2. The average Bonchev–Trinajstić information content (AvgIpc) is 3.16. The average molecular weight is 749 g/mol. The first-order chi connectivity index (χ1) is 25.8. The van der Waals surface area contributed by atoms with Crippen molar-refractivity contribution < 1.29 is 66.8 Å². The van der Waals surface area contributed by atoms with E-state index in [0.29, 0.717) is 36.8 Å². The zero-order valence-corrected chi connectivity index (χ0v) is 30.4. The number of carbonyl (C=O) groups excluding carboxylic acids is 8. The number of hydrogen-bond donors (Lipinski definition) is 0. The molecule has 0 saturated heterocycles. The molecule has 14 nitrogen and oxygen atoms in total. The van der Waals surface area contributed by atoms with Crippen LogP contribution in [0.3, 0.4) is 0 Å². The van der Waals surface area contributed by atoms with Gasteiger partial charge in [0.25, 0.3) is 0 Å². The maximum atomic E-state index is 13.0. The van der Waals surface area contributed by atoms with Gasteiger partial charge in [0, 0.05) is 34.1 Å². The molecule has 0 unspecified atom stereocenters. The monoisotopic (exact) mass is 748 g/mol. The van der Waals surface area contributed by atoms with Crippen LogP contribution in [0.4, 0.5) is 9.59 Å². The largest absolute Gasteiger partial charge is 0.513 e. The van der Waals surface area contributed by atoms with Crippen molar-refractivity contribution in [2.45, 2.75) is 65.2 Å². The number of ketones is 4. The van der Waals surface area contributed by atoms with E-state index in [9.17, 15) is 38.4 Å². The number of carbonyl (C=O) groups is 8. The number of hydrogen-bond acceptors (Lipinski definition) is 14. The summed E-state index contributed by atoms with van der Waals surface area (Å²) in [5.41, 5.74) is 0.806. The molecule has 0 spiro atoms. The Balaban J connectivity index is 1.36. The van der Waals surface area contributed by atoms with Gasteiger partial charge in [-0.1, -0.05) is 13.2 Å². The lowest BCUT2D eigenvalue weighted by atomic mass is 9.76. The third-order valence-corrected chi connectivity index (χ3v) is 8.23. The molecule has 14 heteroatoms. The van der Waals surface area contributed by atoms with Crippen molar-refractivity contribution in [3.05, 3.63) is 84.0 Å². The van der Waals surface area contributed by atoms with Gasteiger partial charge in [-0.15, -0.1) is 0 Å². The molecule has 0 N–H and O–H groups in total. The molecule has 2 aromatic carbocycles. The zero-order chi connectivity index (χ0) is 39.6. The molecule has 1 aliphatic carbocycles. The predicted octanol–water partition coefficient (Wildman–Crippen LogP) is 6.53. The second kappa shape index (κ2) is 21.6. The van der Waals surface area contributed by atoms with Gasteiger partial charge in [-0.2, -0.15) is 0 Å². The van der Waals surface area contributed by atoms with Gasteiger partial charge in [0.05, 0.1) is 26.4 Å². The summed E-state index contributed by atoms with van der Waals surface area (Å²) in [4.78, 5) is 98.4. The van der Waals surface area contributed by atoms with Crippen LogP contribution < -0.4 is 9.47 Å². The lowest BCUT2D eigenvalue weighted by Crippen LogP contribution is -2.32. The fourth-order valence-corrected chi connectivity index (χ4v) is 5.17. The number of rotatable bonds is 20. The summed E-state index contributed by atoms with van der Waals surface area (Å²) in [6.45, 7) is 10.5. The standard InChI is InChI=1S/C40H44O14/c1-25(2)37(45)49-21-5-7-23-51-39(47)53-31-17-13-29(14-18-31)35(43)33(41)27-9-11-28(12-10-27)34(42)36(44)30-15-19-32(20-16-30)54-40(48)52-24-8-6-22-50-38(46)26(3)4/h13-20,27-28H,1,3,5-12,21-24H2,2,4H3. The molecule has 0 heterocycles. The molecule has 3 rings (SSSR count). The molecule has 0 atom stereocenters. The summed E-state index contributed by atoms with van der Waals surface area (Å²) in [5.74, 6) is -4.62. The van der Waals surface area contributed by atoms with Crippen molar-refractivity contribution >= 4 is 47.4 Å². The van der Waals surface area contributed by atoms with Gasteiger partial charge >= 0.3 is 24.2 Å². The van der Waals surface area contributed by atoms with Crippen molar-refractivity contribution in [2.75, 3.05) is 26.4 Å². The normalized spacial score (nSPS) is 14.8. The summed E-state index contributed by atoms with van der Waals surface area (Å²) in [6.07, 6.45) is 0.942. The van der Waals surface area contributed by atoms with Crippen molar-refractivity contribution in [3.8, 4) is 11.5 Å². The summed E-state index contributed by atoms with van der Waals surface area (Å²) in [7, 11) is 0. The van der Waals surface area contributed by atoms with E-state index in [1.807, 2.05) is 0 Å². The Morgan fingerprint density at radius 3 is 1.09 bits per heavy atom. The van der Waals surface area contributed by atoms with Gasteiger partial charge < -0.3 is 28.4 Å². The molecule has 0 bridgehead atoms. The number of ether oxygens (including phenoxy) is 6. The summed E-state index contributed by atoms with van der Waals surface area (Å²) >= 11 is 0. The minimum atomic E-state index is -0.955. The minimum Gasteiger partial charge on any atom is -0.462 e. The fourth-order valence-electron chi connectivity index (χ4n) is 5.17. The summed E-state index contributed by atoms with van der Waals surface area (Å²) < 4.78 is 30.1. The maximum absolute atomic E-state index is 13.0. The van der Waals surface area contributed by atoms with Gasteiger partial charge in [0.2, 0.25) is 23.1 Å². The van der Waals surface area contributed by atoms with E-state index >= 15 is 0 Å². The Labute approximate surface area is 312 Å². The first-order valence-electron chi connectivity index (χ1n) is 17.5.